The third-order valence-corrected chi connectivity index (χ3v) is 5.55. The molecular formula is C18H24N4O2S. The van der Waals surface area contributed by atoms with Crippen LogP contribution in [0.5, 0.6) is 0 Å². The molecule has 1 aliphatic rings. The molecule has 2 heterocycles. The van der Waals surface area contributed by atoms with Crippen LogP contribution < -0.4 is 5.32 Å². The number of aryl methyl sites for hydroxylation is 1. The average molecular weight is 360 g/mol. The third-order valence-electron chi connectivity index (χ3n) is 4.57. The summed E-state index contributed by atoms with van der Waals surface area (Å²) in [5.41, 5.74) is 2.06. The van der Waals surface area contributed by atoms with Gasteiger partial charge in [-0.1, -0.05) is 23.9 Å². The predicted molar refractivity (Wildman–Crippen MR) is 99.5 cm³/mol. The summed E-state index contributed by atoms with van der Waals surface area (Å²) in [6, 6.07) is 8.19. The van der Waals surface area contributed by atoms with Crippen LogP contribution in [0.25, 0.3) is 11.0 Å². The molecule has 1 saturated heterocycles. The number of carbonyl (C=O) groups excluding carboxylic acids is 2. The van der Waals surface area contributed by atoms with E-state index in [1.165, 1.54) is 11.8 Å². The smallest absolute Gasteiger partial charge is 0.230 e. The molecule has 1 aromatic heterocycles. The van der Waals surface area contributed by atoms with Crippen molar-refractivity contribution in [1.29, 1.82) is 0 Å². The van der Waals surface area contributed by atoms with Crippen LogP contribution in [0.1, 0.15) is 26.7 Å². The average Bonchev–Trinajstić information content (AvgIpc) is 2.98. The highest BCUT2D eigenvalue weighted by Gasteiger charge is 2.22. The highest BCUT2D eigenvalue weighted by molar-refractivity contribution is 7.99. The monoisotopic (exact) mass is 360 g/mol. The van der Waals surface area contributed by atoms with Gasteiger partial charge in [0.05, 0.1) is 16.8 Å². The van der Waals surface area contributed by atoms with Crippen LogP contribution in [0.4, 0.5) is 0 Å². The van der Waals surface area contributed by atoms with E-state index in [1.807, 2.05) is 23.1 Å². The normalized spacial score (nSPS) is 15.5. The fraction of sp³-hybridized carbons (Fsp3) is 0.500. The standard InChI is InChI=1S/C18H24N4O2S/c1-3-22-16-7-5-4-6-15(16)20-18(22)25-12-17(24)19-14-8-10-21(11-9-14)13(2)23/h4-7,14H,3,8-12H2,1-2H3,(H,19,24). The number of likely N-dealkylation sites (tertiary alicyclic amines) is 1. The second-order valence-electron chi connectivity index (χ2n) is 6.26. The maximum absolute atomic E-state index is 12.3. The van der Waals surface area contributed by atoms with Crippen LogP contribution in [-0.4, -0.2) is 51.1 Å². The lowest BCUT2D eigenvalue weighted by atomic mass is 10.1. The molecule has 6 nitrogen and oxygen atoms in total. The number of piperidine rings is 1. The number of fused-ring (bicyclic) bond motifs is 1. The predicted octanol–water partition coefficient (Wildman–Crippen LogP) is 2.28. The summed E-state index contributed by atoms with van der Waals surface area (Å²) in [6.45, 7) is 5.95. The van der Waals surface area contributed by atoms with Crippen molar-refractivity contribution < 1.29 is 9.59 Å². The quantitative estimate of drug-likeness (QED) is 0.831. The van der Waals surface area contributed by atoms with E-state index in [2.05, 4.69) is 27.9 Å². The molecule has 0 bridgehead atoms. The SMILES string of the molecule is CCn1c(SCC(=O)NC2CCN(C(C)=O)CC2)nc2ccccc21. The van der Waals surface area contributed by atoms with E-state index in [-0.39, 0.29) is 17.9 Å². The molecule has 0 unspecified atom stereocenters. The van der Waals surface area contributed by atoms with Crippen molar-refractivity contribution in [2.75, 3.05) is 18.8 Å². The number of amides is 2. The molecule has 2 amide bonds. The second kappa shape index (κ2) is 7.91. The van der Waals surface area contributed by atoms with Gasteiger partial charge in [0.1, 0.15) is 0 Å². The molecule has 0 saturated carbocycles. The van der Waals surface area contributed by atoms with Gasteiger partial charge in [-0.25, -0.2) is 4.98 Å². The van der Waals surface area contributed by atoms with Crippen LogP contribution in [0, 0.1) is 0 Å². The Morgan fingerprint density at radius 3 is 2.68 bits per heavy atom. The van der Waals surface area contributed by atoms with Crippen LogP contribution >= 0.6 is 11.8 Å². The van der Waals surface area contributed by atoms with E-state index >= 15 is 0 Å². The number of rotatable bonds is 5. The molecule has 1 aromatic carbocycles. The van der Waals surface area contributed by atoms with Gasteiger partial charge in [0.25, 0.3) is 0 Å². The highest BCUT2D eigenvalue weighted by atomic mass is 32.2. The topological polar surface area (TPSA) is 67.2 Å². The molecule has 134 valence electrons. The molecule has 3 rings (SSSR count). The van der Waals surface area contributed by atoms with E-state index < -0.39 is 0 Å². The number of para-hydroxylation sites is 2. The highest BCUT2D eigenvalue weighted by Crippen LogP contribution is 2.24. The molecular weight excluding hydrogens is 336 g/mol. The maximum atomic E-state index is 12.3. The molecule has 25 heavy (non-hydrogen) atoms. The van der Waals surface area contributed by atoms with Crippen molar-refractivity contribution in [2.24, 2.45) is 0 Å². The first-order valence-electron chi connectivity index (χ1n) is 8.71. The number of benzene rings is 1. The summed E-state index contributed by atoms with van der Waals surface area (Å²) < 4.78 is 2.14. The van der Waals surface area contributed by atoms with Gasteiger partial charge in [-0.2, -0.15) is 0 Å². The zero-order valence-electron chi connectivity index (χ0n) is 14.7. The number of hydrogen-bond acceptors (Lipinski definition) is 4. The van der Waals surface area contributed by atoms with E-state index in [0.29, 0.717) is 5.75 Å². The summed E-state index contributed by atoms with van der Waals surface area (Å²) >= 11 is 1.47. The van der Waals surface area contributed by atoms with Crippen molar-refractivity contribution in [1.82, 2.24) is 19.8 Å². The maximum Gasteiger partial charge on any atom is 0.230 e. The Bertz CT molecular complexity index is 766. The first-order chi connectivity index (χ1) is 12.1. The van der Waals surface area contributed by atoms with Crippen LogP contribution in [0.2, 0.25) is 0 Å². The van der Waals surface area contributed by atoms with Crippen molar-refractivity contribution in [3.63, 3.8) is 0 Å². The molecule has 0 spiro atoms. The lowest BCUT2D eigenvalue weighted by molar-refractivity contribution is -0.130. The number of nitrogens with zero attached hydrogens (tertiary/aromatic N) is 3. The summed E-state index contributed by atoms with van der Waals surface area (Å²) in [6.07, 6.45) is 1.65. The van der Waals surface area contributed by atoms with Gasteiger partial charge < -0.3 is 14.8 Å². The Morgan fingerprint density at radius 2 is 2.00 bits per heavy atom. The Balaban J connectivity index is 1.54. The molecule has 0 atom stereocenters. The summed E-state index contributed by atoms with van der Waals surface area (Å²) in [5, 5.41) is 3.96. The van der Waals surface area contributed by atoms with Crippen molar-refractivity contribution in [3.05, 3.63) is 24.3 Å². The first-order valence-corrected chi connectivity index (χ1v) is 9.70. The van der Waals surface area contributed by atoms with Crippen LogP contribution in [0.15, 0.2) is 29.4 Å². The molecule has 0 radical (unpaired) electrons. The van der Waals surface area contributed by atoms with Crippen molar-refractivity contribution in [2.45, 2.75) is 44.4 Å². The number of carbonyl (C=O) groups is 2. The number of thioether (sulfide) groups is 1. The Morgan fingerprint density at radius 1 is 1.28 bits per heavy atom. The molecule has 0 aliphatic carbocycles. The van der Waals surface area contributed by atoms with Gasteiger partial charge in [-0.05, 0) is 31.9 Å². The van der Waals surface area contributed by atoms with Gasteiger partial charge in [-0.3, -0.25) is 9.59 Å². The zero-order valence-corrected chi connectivity index (χ0v) is 15.5. The number of nitrogens with one attached hydrogen (secondary N) is 1. The van der Waals surface area contributed by atoms with Crippen molar-refractivity contribution >= 4 is 34.6 Å². The zero-order chi connectivity index (χ0) is 17.8. The minimum Gasteiger partial charge on any atom is -0.353 e. The third kappa shape index (κ3) is 4.15. The molecule has 2 aromatic rings. The largest absolute Gasteiger partial charge is 0.353 e. The summed E-state index contributed by atoms with van der Waals surface area (Å²) in [4.78, 5) is 30.1. The van der Waals surface area contributed by atoms with Crippen molar-refractivity contribution in [3.8, 4) is 0 Å². The van der Waals surface area contributed by atoms with Gasteiger partial charge in [0, 0.05) is 32.6 Å². The molecule has 7 heteroatoms. The van der Waals surface area contributed by atoms with Crippen LogP contribution in [0.3, 0.4) is 0 Å². The molecule has 1 N–H and O–H groups in total. The lowest BCUT2D eigenvalue weighted by Gasteiger charge is -2.31. The fourth-order valence-corrected chi connectivity index (χ4v) is 4.10. The van der Waals surface area contributed by atoms with Gasteiger partial charge in [-0.15, -0.1) is 0 Å². The van der Waals surface area contributed by atoms with E-state index in [9.17, 15) is 9.59 Å². The van der Waals surface area contributed by atoms with Gasteiger partial charge >= 0.3 is 0 Å². The second-order valence-corrected chi connectivity index (χ2v) is 7.21. The van der Waals surface area contributed by atoms with Crippen LogP contribution in [-0.2, 0) is 16.1 Å². The molecule has 1 fully saturated rings. The fourth-order valence-electron chi connectivity index (χ4n) is 3.21. The van der Waals surface area contributed by atoms with Gasteiger partial charge in [0.2, 0.25) is 11.8 Å². The van der Waals surface area contributed by atoms with E-state index in [1.54, 1.807) is 6.92 Å². The molecule has 1 aliphatic heterocycles. The number of hydrogen-bond donors (Lipinski definition) is 1. The minimum absolute atomic E-state index is 0.0287. The van der Waals surface area contributed by atoms with Gasteiger partial charge in [0.15, 0.2) is 5.16 Å². The first kappa shape index (κ1) is 17.8. The summed E-state index contributed by atoms with van der Waals surface area (Å²) in [7, 11) is 0. The number of aromatic nitrogens is 2. The Hall–Kier alpha value is -2.02. The minimum atomic E-state index is 0.0287. The van der Waals surface area contributed by atoms with E-state index in [4.69, 9.17) is 0 Å². The Labute approximate surface area is 152 Å². The Kier molecular flexibility index (Phi) is 5.63. The van der Waals surface area contributed by atoms with E-state index in [0.717, 1.165) is 48.7 Å². The summed E-state index contributed by atoms with van der Waals surface area (Å²) in [5.74, 6) is 0.496. The number of imidazole rings is 1. The lowest BCUT2D eigenvalue weighted by Crippen LogP contribution is -2.46.